The van der Waals surface area contributed by atoms with Crippen molar-refractivity contribution in [2.24, 2.45) is 0 Å². The van der Waals surface area contributed by atoms with E-state index in [1.165, 1.54) is 0 Å². The maximum atomic E-state index is 11.8. The molecule has 0 unspecified atom stereocenters. The Kier molecular flexibility index (Phi) is 4.81. The van der Waals surface area contributed by atoms with Crippen LogP contribution >= 0.6 is 11.6 Å². The number of benzene rings is 1. The van der Waals surface area contributed by atoms with Crippen LogP contribution in [0.2, 0.25) is 5.02 Å². The smallest absolute Gasteiger partial charge is 0.262 e. The van der Waals surface area contributed by atoms with Crippen LogP contribution in [0.5, 0.6) is 5.75 Å². The van der Waals surface area contributed by atoms with Crippen LogP contribution in [-0.2, 0) is 4.79 Å². The van der Waals surface area contributed by atoms with E-state index >= 15 is 0 Å². The number of pyridine rings is 1. The van der Waals surface area contributed by atoms with Gasteiger partial charge in [-0.15, -0.1) is 0 Å². The van der Waals surface area contributed by atoms with Crippen molar-refractivity contribution in [2.75, 3.05) is 11.9 Å². The Morgan fingerprint density at radius 1 is 1.24 bits per heavy atom. The van der Waals surface area contributed by atoms with Crippen molar-refractivity contribution >= 4 is 23.2 Å². The number of nitrogens with zero attached hydrogens (tertiary/aromatic N) is 1. The molecule has 1 aromatic carbocycles. The Labute approximate surface area is 129 Å². The summed E-state index contributed by atoms with van der Waals surface area (Å²) in [6.45, 7) is 5.63. The summed E-state index contributed by atoms with van der Waals surface area (Å²) in [5.74, 6) is 0.400. The van der Waals surface area contributed by atoms with Gasteiger partial charge in [0, 0.05) is 10.7 Å². The van der Waals surface area contributed by atoms with Crippen molar-refractivity contribution in [1.82, 2.24) is 4.98 Å². The molecule has 0 fully saturated rings. The van der Waals surface area contributed by atoms with E-state index in [1.54, 1.807) is 12.3 Å². The number of ether oxygens (including phenoxy) is 1. The maximum Gasteiger partial charge on any atom is 0.262 e. The molecular formula is C16H17ClN2O2. The van der Waals surface area contributed by atoms with Crippen molar-refractivity contribution in [3.8, 4) is 5.75 Å². The first kappa shape index (κ1) is 15.3. The van der Waals surface area contributed by atoms with E-state index in [0.717, 1.165) is 21.8 Å². The molecule has 5 heteroatoms. The van der Waals surface area contributed by atoms with Crippen molar-refractivity contribution in [1.29, 1.82) is 0 Å². The number of aromatic nitrogens is 1. The zero-order valence-corrected chi connectivity index (χ0v) is 13.0. The number of halogens is 1. The maximum absolute atomic E-state index is 11.8. The van der Waals surface area contributed by atoms with Gasteiger partial charge >= 0.3 is 0 Å². The SMILES string of the molecule is Cc1ccc(NC(=O)COc2cc(C)c(Cl)c(C)c2)cn1. The first-order valence-electron chi connectivity index (χ1n) is 6.58. The van der Waals surface area contributed by atoms with Gasteiger partial charge in [0.25, 0.3) is 5.91 Å². The van der Waals surface area contributed by atoms with Crippen molar-refractivity contribution in [2.45, 2.75) is 20.8 Å². The van der Waals surface area contributed by atoms with E-state index in [4.69, 9.17) is 16.3 Å². The first-order chi connectivity index (χ1) is 9.95. The third-order valence-electron chi connectivity index (χ3n) is 2.98. The average Bonchev–Trinajstić information content (AvgIpc) is 2.45. The number of carbonyl (C=O) groups excluding carboxylic acids is 1. The zero-order valence-electron chi connectivity index (χ0n) is 12.2. The molecule has 0 aliphatic carbocycles. The molecule has 4 nitrogen and oxygen atoms in total. The number of aryl methyl sites for hydroxylation is 3. The van der Waals surface area contributed by atoms with Crippen LogP contribution in [0, 0.1) is 20.8 Å². The predicted octanol–water partition coefficient (Wildman–Crippen LogP) is 3.68. The summed E-state index contributed by atoms with van der Waals surface area (Å²) in [5.41, 5.74) is 3.40. The van der Waals surface area contributed by atoms with Gasteiger partial charge < -0.3 is 10.1 Å². The van der Waals surface area contributed by atoms with Crippen LogP contribution < -0.4 is 10.1 Å². The van der Waals surface area contributed by atoms with Crippen LogP contribution in [0.4, 0.5) is 5.69 Å². The van der Waals surface area contributed by atoms with Gasteiger partial charge in [-0.05, 0) is 56.2 Å². The predicted molar refractivity (Wildman–Crippen MR) is 84.0 cm³/mol. The largest absolute Gasteiger partial charge is 0.484 e. The summed E-state index contributed by atoms with van der Waals surface area (Å²) in [5, 5.41) is 3.45. The van der Waals surface area contributed by atoms with Crippen molar-refractivity contribution in [3.63, 3.8) is 0 Å². The molecule has 0 bridgehead atoms. The number of carbonyl (C=O) groups is 1. The number of rotatable bonds is 4. The Morgan fingerprint density at radius 2 is 1.90 bits per heavy atom. The lowest BCUT2D eigenvalue weighted by molar-refractivity contribution is -0.118. The van der Waals surface area contributed by atoms with Crippen molar-refractivity contribution < 1.29 is 9.53 Å². The fourth-order valence-electron chi connectivity index (χ4n) is 1.88. The third kappa shape index (κ3) is 4.20. The monoisotopic (exact) mass is 304 g/mol. The lowest BCUT2D eigenvalue weighted by atomic mass is 10.1. The molecular weight excluding hydrogens is 288 g/mol. The summed E-state index contributed by atoms with van der Waals surface area (Å²) in [6, 6.07) is 7.27. The highest BCUT2D eigenvalue weighted by molar-refractivity contribution is 6.32. The van der Waals surface area contributed by atoms with E-state index in [9.17, 15) is 4.79 Å². The van der Waals surface area contributed by atoms with E-state index in [2.05, 4.69) is 10.3 Å². The van der Waals surface area contributed by atoms with Gasteiger partial charge in [0.1, 0.15) is 5.75 Å². The van der Waals surface area contributed by atoms with E-state index in [-0.39, 0.29) is 12.5 Å². The van der Waals surface area contributed by atoms with Gasteiger partial charge in [-0.25, -0.2) is 0 Å². The highest BCUT2D eigenvalue weighted by Crippen LogP contribution is 2.25. The second kappa shape index (κ2) is 6.59. The average molecular weight is 305 g/mol. The number of nitrogens with one attached hydrogen (secondary N) is 1. The minimum atomic E-state index is -0.231. The standard InChI is InChI=1S/C16H17ClN2O2/c1-10-6-14(7-11(2)16(10)17)21-9-15(20)19-13-5-4-12(3)18-8-13/h4-8H,9H2,1-3H3,(H,19,20). The van der Waals surface area contributed by atoms with Crippen LogP contribution in [0.1, 0.15) is 16.8 Å². The lowest BCUT2D eigenvalue weighted by Gasteiger charge is -2.10. The molecule has 1 aromatic heterocycles. The molecule has 21 heavy (non-hydrogen) atoms. The normalized spacial score (nSPS) is 10.3. The second-order valence-electron chi connectivity index (χ2n) is 4.90. The molecule has 1 N–H and O–H groups in total. The minimum Gasteiger partial charge on any atom is -0.484 e. The first-order valence-corrected chi connectivity index (χ1v) is 6.95. The molecule has 0 saturated heterocycles. The molecule has 110 valence electrons. The number of amides is 1. The number of hydrogen-bond donors (Lipinski definition) is 1. The molecule has 2 rings (SSSR count). The fraction of sp³-hybridized carbons (Fsp3) is 0.250. The molecule has 0 saturated carbocycles. The van der Waals surface area contributed by atoms with Crippen LogP contribution in [-0.4, -0.2) is 17.5 Å². The summed E-state index contributed by atoms with van der Waals surface area (Å²) in [7, 11) is 0. The second-order valence-corrected chi connectivity index (χ2v) is 5.27. The summed E-state index contributed by atoms with van der Waals surface area (Å²) in [6.07, 6.45) is 1.61. The third-order valence-corrected chi connectivity index (χ3v) is 3.57. The Morgan fingerprint density at radius 3 is 2.48 bits per heavy atom. The molecule has 0 aliphatic rings. The van der Waals surface area contributed by atoms with Crippen LogP contribution in [0.25, 0.3) is 0 Å². The molecule has 0 spiro atoms. The van der Waals surface area contributed by atoms with Crippen molar-refractivity contribution in [3.05, 3.63) is 52.3 Å². The Hall–Kier alpha value is -2.07. The summed E-state index contributed by atoms with van der Waals surface area (Å²) >= 11 is 6.09. The quantitative estimate of drug-likeness (QED) is 0.937. The molecule has 1 amide bonds. The Balaban J connectivity index is 1.93. The number of anilines is 1. The molecule has 0 aliphatic heterocycles. The van der Waals surface area contributed by atoms with Gasteiger partial charge in [0.05, 0.1) is 11.9 Å². The summed E-state index contributed by atoms with van der Waals surface area (Å²) in [4.78, 5) is 15.9. The number of hydrogen-bond acceptors (Lipinski definition) is 3. The van der Waals surface area contributed by atoms with E-state index < -0.39 is 0 Å². The van der Waals surface area contributed by atoms with E-state index in [1.807, 2.05) is 39.0 Å². The fourth-order valence-corrected chi connectivity index (χ4v) is 1.99. The van der Waals surface area contributed by atoms with Gasteiger partial charge in [-0.1, -0.05) is 11.6 Å². The van der Waals surface area contributed by atoms with Crippen LogP contribution in [0.3, 0.4) is 0 Å². The lowest BCUT2D eigenvalue weighted by Crippen LogP contribution is -2.20. The van der Waals surface area contributed by atoms with Gasteiger partial charge in [-0.3, -0.25) is 9.78 Å². The van der Waals surface area contributed by atoms with Gasteiger partial charge in [0.15, 0.2) is 6.61 Å². The zero-order chi connectivity index (χ0) is 15.4. The molecule has 0 radical (unpaired) electrons. The summed E-state index contributed by atoms with van der Waals surface area (Å²) < 4.78 is 5.49. The highest BCUT2D eigenvalue weighted by Gasteiger charge is 2.07. The topological polar surface area (TPSA) is 51.2 Å². The highest BCUT2D eigenvalue weighted by atomic mass is 35.5. The molecule has 2 aromatic rings. The van der Waals surface area contributed by atoms with E-state index in [0.29, 0.717) is 11.4 Å². The Bertz CT molecular complexity index is 631. The molecule has 0 atom stereocenters. The van der Waals surface area contributed by atoms with Crippen LogP contribution in [0.15, 0.2) is 30.5 Å². The minimum absolute atomic E-state index is 0.0611. The van der Waals surface area contributed by atoms with Gasteiger partial charge in [-0.2, -0.15) is 0 Å². The molecule has 1 heterocycles. The van der Waals surface area contributed by atoms with Gasteiger partial charge in [0.2, 0.25) is 0 Å².